The molecule has 0 amide bonds. The summed E-state index contributed by atoms with van der Waals surface area (Å²) in [6.45, 7) is 3.25. The normalized spacial score (nSPS) is 35.8. The van der Waals surface area contributed by atoms with E-state index in [-0.39, 0.29) is 12.1 Å². The average Bonchev–Trinajstić information content (AvgIpc) is 2.96. The Hall–Kier alpha value is -0.210. The smallest absolute Gasteiger partial charge is 0.282 e. The summed E-state index contributed by atoms with van der Waals surface area (Å²) in [4.78, 5) is 0. The quantitative estimate of drug-likeness (QED) is 0.816. The zero-order valence-corrected chi connectivity index (χ0v) is 13.6. The number of morpholine rings is 1. The summed E-state index contributed by atoms with van der Waals surface area (Å²) in [5.74, 6) is 0.430. The molecule has 0 spiro atoms. The van der Waals surface area contributed by atoms with E-state index in [0.29, 0.717) is 32.2 Å². The summed E-state index contributed by atoms with van der Waals surface area (Å²) in [6.07, 6.45) is 5.21. The third kappa shape index (κ3) is 3.12. The number of hydrogen-bond acceptors (Lipinski definition) is 4. The lowest BCUT2D eigenvalue weighted by Crippen LogP contribution is -2.57. The van der Waals surface area contributed by atoms with Crippen molar-refractivity contribution in [2.24, 2.45) is 5.92 Å². The van der Waals surface area contributed by atoms with Crippen LogP contribution in [-0.2, 0) is 14.9 Å². The van der Waals surface area contributed by atoms with Gasteiger partial charge in [-0.15, -0.1) is 0 Å². The zero-order chi connectivity index (χ0) is 14.9. The van der Waals surface area contributed by atoms with Gasteiger partial charge in [0.05, 0.1) is 18.8 Å². The van der Waals surface area contributed by atoms with Crippen LogP contribution in [-0.4, -0.2) is 69.0 Å². The van der Waals surface area contributed by atoms with Gasteiger partial charge in [0.1, 0.15) is 0 Å². The summed E-state index contributed by atoms with van der Waals surface area (Å²) in [7, 11) is -1.40. The van der Waals surface area contributed by atoms with Crippen molar-refractivity contribution in [2.45, 2.75) is 44.2 Å². The minimum atomic E-state index is -3.33. The highest BCUT2D eigenvalue weighted by atomic mass is 32.2. The maximum Gasteiger partial charge on any atom is 0.282 e. The Labute approximate surface area is 128 Å². The Morgan fingerprint density at radius 3 is 2.86 bits per heavy atom. The van der Waals surface area contributed by atoms with Crippen LogP contribution in [0.4, 0.5) is 0 Å². The second-order valence-corrected chi connectivity index (χ2v) is 8.33. The Morgan fingerprint density at radius 1 is 1.19 bits per heavy atom. The van der Waals surface area contributed by atoms with Gasteiger partial charge in [-0.05, 0) is 51.6 Å². The first-order valence-corrected chi connectivity index (χ1v) is 9.55. The van der Waals surface area contributed by atoms with Crippen molar-refractivity contribution in [2.75, 3.05) is 39.8 Å². The number of hydrogen-bond donors (Lipinski definition) is 1. The monoisotopic (exact) mass is 317 g/mol. The third-order valence-corrected chi connectivity index (χ3v) is 7.06. The minimum Gasteiger partial charge on any atom is -0.375 e. The summed E-state index contributed by atoms with van der Waals surface area (Å²) in [5, 5.41) is 3.17. The fraction of sp³-hybridized carbons (Fsp3) is 1.00. The van der Waals surface area contributed by atoms with Crippen molar-refractivity contribution in [3.8, 4) is 0 Å². The van der Waals surface area contributed by atoms with Crippen LogP contribution in [0.15, 0.2) is 0 Å². The number of piperidine rings is 1. The molecule has 2 saturated heterocycles. The first-order valence-electron chi connectivity index (χ1n) is 8.16. The van der Waals surface area contributed by atoms with Crippen LogP contribution in [0.1, 0.15) is 32.1 Å². The Bertz CT molecular complexity index is 454. The van der Waals surface area contributed by atoms with Crippen molar-refractivity contribution < 1.29 is 13.2 Å². The summed E-state index contributed by atoms with van der Waals surface area (Å²) < 4.78 is 35.2. The fourth-order valence-electron chi connectivity index (χ4n) is 4.02. The standard InChI is InChI=1S/C14H27N3O3S/c1-15-10-12-4-3-7-16(11-12)21(18,19)17-8-9-20-14-6-2-5-13(14)17/h12-15H,2-11H2,1H3. The van der Waals surface area contributed by atoms with E-state index >= 15 is 0 Å². The second-order valence-electron chi connectivity index (χ2n) is 6.45. The zero-order valence-electron chi connectivity index (χ0n) is 12.8. The molecule has 1 N–H and O–H groups in total. The van der Waals surface area contributed by atoms with E-state index in [1.54, 1.807) is 8.61 Å². The number of ether oxygens (including phenoxy) is 1. The average molecular weight is 317 g/mol. The maximum absolute atomic E-state index is 13.0. The Morgan fingerprint density at radius 2 is 2.05 bits per heavy atom. The predicted octanol–water partition coefficient (Wildman–Crippen LogP) is 0.416. The minimum absolute atomic E-state index is 0.0634. The van der Waals surface area contributed by atoms with Gasteiger partial charge in [-0.1, -0.05) is 0 Å². The molecule has 3 fully saturated rings. The second kappa shape index (κ2) is 6.50. The van der Waals surface area contributed by atoms with Crippen LogP contribution in [0, 0.1) is 5.92 Å². The van der Waals surface area contributed by atoms with Crippen LogP contribution < -0.4 is 5.32 Å². The number of fused-ring (bicyclic) bond motifs is 1. The van der Waals surface area contributed by atoms with E-state index in [2.05, 4.69) is 5.32 Å². The predicted molar refractivity (Wildman–Crippen MR) is 81.2 cm³/mol. The van der Waals surface area contributed by atoms with Gasteiger partial charge in [-0.3, -0.25) is 0 Å². The number of nitrogens with one attached hydrogen (secondary N) is 1. The first-order chi connectivity index (χ1) is 10.1. The van der Waals surface area contributed by atoms with Crippen LogP contribution in [0.2, 0.25) is 0 Å². The molecule has 0 aromatic heterocycles. The molecule has 0 radical (unpaired) electrons. The van der Waals surface area contributed by atoms with E-state index in [9.17, 15) is 8.42 Å². The van der Waals surface area contributed by atoms with Crippen molar-refractivity contribution in [1.82, 2.24) is 13.9 Å². The number of nitrogens with zero attached hydrogens (tertiary/aromatic N) is 2. The van der Waals surface area contributed by atoms with Crippen molar-refractivity contribution in [3.63, 3.8) is 0 Å². The molecular weight excluding hydrogens is 290 g/mol. The molecule has 3 unspecified atom stereocenters. The maximum atomic E-state index is 13.0. The molecule has 21 heavy (non-hydrogen) atoms. The van der Waals surface area contributed by atoms with Crippen LogP contribution >= 0.6 is 0 Å². The molecule has 0 aromatic rings. The van der Waals surface area contributed by atoms with Crippen molar-refractivity contribution >= 4 is 10.2 Å². The molecule has 1 aliphatic carbocycles. The molecular formula is C14H27N3O3S. The number of rotatable bonds is 4. The molecule has 122 valence electrons. The van der Waals surface area contributed by atoms with Gasteiger partial charge in [0.15, 0.2) is 0 Å². The van der Waals surface area contributed by atoms with Gasteiger partial charge in [-0.2, -0.15) is 17.0 Å². The van der Waals surface area contributed by atoms with Gasteiger partial charge >= 0.3 is 0 Å². The highest BCUT2D eigenvalue weighted by Crippen LogP contribution is 2.33. The van der Waals surface area contributed by atoms with E-state index in [0.717, 1.165) is 38.6 Å². The Balaban J connectivity index is 1.73. The van der Waals surface area contributed by atoms with Gasteiger partial charge < -0.3 is 10.1 Å². The van der Waals surface area contributed by atoms with Gasteiger partial charge in [0.25, 0.3) is 10.2 Å². The molecule has 2 aliphatic heterocycles. The molecule has 0 bridgehead atoms. The molecule has 2 heterocycles. The summed E-state index contributed by atoms with van der Waals surface area (Å²) >= 11 is 0. The Kier molecular flexibility index (Phi) is 4.85. The molecule has 7 heteroatoms. The SMILES string of the molecule is CNCC1CCCN(S(=O)(=O)N2CCOC3CCCC32)C1. The van der Waals surface area contributed by atoms with E-state index in [4.69, 9.17) is 4.74 Å². The lowest BCUT2D eigenvalue weighted by Gasteiger charge is -2.41. The van der Waals surface area contributed by atoms with Crippen molar-refractivity contribution in [1.29, 1.82) is 0 Å². The molecule has 6 nitrogen and oxygen atoms in total. The summed E-state index contributed by atoms with van der Waals surface area (Å²) in [6, 6.07) is 0.0634. The highest BCUT2D eigenvalue weighted by Gasteiger charge is 2.44. The topological polar surface area (TPSA) is 61.9 Å². The van der Waals surface area contributed by atoms with Crippen LogP contribution in [0.3, 0.4) is 0 Å². The van der Waals surface area contributed by atoms with Crippen LogP contribution in [0.5, 0.6) is 0 Å². The first kappa shape index (κ1) is 15.7. The molecule has 3 aliphatic rings. The van der Waals surface area contributed by atoms with E-state index in [1.807, 2.05) is 7.05 Å². The van der Waals surface area contributed by atoms with Gasteiger partial charge in [0, 0.05) is 19.6 Å². The van der Waals surface area contributed by atoms with Crippen molar-refractivity contribution in [3.05, 3.63) is 0 Å². The lowest BCUT2D eigenvalue weighted by molar-refractivity contribution is -0.0264. The largest absolute Gasteiger partial charge is 0.375 e. The van der Waals surface area contributed by atoms with Crippen LogP contribution in [0.25, 0.3) is 0 Å². The van der Waals surface area contributed by atoms with Gasteiger partial charge in [-0.25, -0.2) is 0 Å². The van der Waals surface area contributed by atoms with E-state index in [1.165, 1.54) is 0 Å². The molecule has 1 saturated carbocycles. The molecule has 3 rings (SSSR count). The molecule has 0 aromatic carbocycles. The molecule has 3 atom stereocenters. The third-order valence-electron chi connectivity index (χ3n) is 5.03. The lowest BCUT2D eigenvalue weighted by atomic mass is 10.00. The fourth-order valence-corrected chi connectivity index (χ4v) is 5.96. The summed E-state index contributed by atoms with van der Waals surface area (Å²) in [5.41, 5.74) is 0. The van der Waals surface area contributed by atoms with E-state index < -0.39 is 10.2 Å². The van der Waals surface area contributed by atoms with Gasteiger partial charge in [0.2, 0.25) is 0 Å². The highest BCUT2D eigenvalue weighted by molar-refractivity contribution is 7.86.